The molecule has 0 radical (unpaired) electrons. The number of carbonyl (C=O) groups excluding carboxylic acids is 3. The van der Waals surface area contributed by atoms with E-state index in [1.807, 2.05) is 0 Å². The van der Waals surface area contributed by atoms with E-state index in [9.17, 15) is 14.4 Å². The highest BCUT2D eigenvalue weighted by molar-refractivity contribution is 6.10. The van der Waals surface area contributed by atoms with Crippen LogP contribution >= 0.6 is 0 Å². The van der Waals surface area contributed by atoms with Crippen molar-refractivity contribution in [2.45, 2.75) is 13.3 Å². The molecule has 8 nitrogen and oxygen atoms in total. The maximum absolute atomic E-state index is 12.2. The van der Waals surface area contributed by atoms with Crippen molar-refractivity contribution in [2.24, 2.45) is 0 Å². The zero-order valence-electron chi connectivity index (χ0n) is 15.3. The maximum Gasteiger partial charge on any atom is 0.340 e. The van der Waals surface area contributed by atoms with Crippen LogP contribution in [0.5, 0.6) is 11.5 Å². The lowest BCUT2D eigenvalue weighted by atomic mass is 10.1. The van der Waals surface area contributed by atoms with Crippen LogP contribution in [0, 0.1) is 0 Å². The Labute approximate surface area is 161 Å². The molecule has 1 aliphatic rings. The highest BCUT2D eigenvalue weighted by Gasteiger charge is 2.17. The van der Waals surface area contributed by atoms with Crippen LogP contribution in [0.4, 0.5) is 11.4 Å². The molecule has 28 heavy (non-hydrogen) atoms. The Kier molecular flexibility index (Phi) is 6.11. The zero-order chi connectivity index (χ0) is 19.9. The van der Waals surface area contributed by atoms with Crippen molar-refractivity contribution in [2.75, 3.05) is 30.5 Å². The van der Waals surface area contributed by atoms with Crippen LogP contribution in [0.3, 0.4) is 0 Å². The summed E-state index contributed by atoms with van der Waals surface area (Å²) in [6.45, 7) is 2.83. The SMILES string of the molecule is CCOC(=O)c1ccccc1NC(=O)CC(=O)Nc1ccc2c(c1)OCCO2. The average molecular weight is 384 g/mol. The van der Waals surface area contributed by atoms with Crippen molar-refractivity contribution in [3.8, 4) is 11.5 Å². The fourth-order valence-corrected chi connectivity index (χ4v) is 2.65. The first-order valence-corrected chi connectivity index (χ1v) is 8.82. The minimum absolute atomic E-state index is 0.221. The molecule has 0 spiro atoms. The Morgan fingerprint density at radius 3 is 2.46 bits per heavy atom. The number of hydrogen-bond donors (Lipinski definition) is 2. The van der Waals surface area contributed by atoms with Gasteiger partial charge in [-0.15, -0.1) is 0 Å². The summed E-state index contributed by atoms with van der Waals surface area (Å²) in [6, 6.07) is 11.5. The summed E-state index contributed by atoms with van der Waals surface area (Å²) in [6.07, 6.45) is -0.411. The predicted octanol–water partition coefficient (Wildman–Crippen LogP) is 2.60. The normalized spacial score (nSPS) is 12.0. The zero-order valence-corrected chi connectivity index (χ0v) is 15.3. The summed E-state index contributed by atoms with van der Waals surface area (Å²) in [5.41, 5.74) is 1.01. The van der Waals surface area contributed by atoms with Crippen molar-refractivity contribution in [3.63, 3.8) is 0 Å². The van der Waals surface area contributed by atoms with Crippen molar-refractivity contribution < 1.29 is 28.6 Å². The molecule has 1 aliphatic heterocycles. The van der Waals surface area contributed by atoms with Crippen LogP contribution in [0.25, 0.3) is 0 Å². The van der Waals surface area contributed by atoms with Gasteiger partial charge in [-0.1, -0.05) is 12.1 Å². The van der Waals surface area contributed by atoms with Gasteiger partial charge in [0.05, 0.1) is 17.9 Å². The van der Waals surface area contributed by atoms with Gasteiger partial charge in [0, 0.05) is 11.8 Å². The largest absolute Gasteiger partial charge is 0.486 e. The summed E-state index contributed by atoms with van der Waals surface area (Å²) in [5.74, 6) is -0.442. The van der Waals surface area contributed by atoms with Gasteiger partial charge in [0.2, 0.25) is 11.8 Å². The molecule has 0 aromatic heterocycles. The first kappa shape index (κ1) is 19.2. The summed E-state index contributed by atoms with van der Waals surface area (Å²) >= 11 is 0. The monoisotopic (exact) mass is 384 g/mol. The Hall–Kier alpha value is -3.55. The fourth-order valence-electron chi connectivity index (χ4n) is 2.65. The molecule has 2 aromatic rings. The van der Waals surface area contributed by atoms with Gasteiger partial charge >= 0.3 is 5.97 Å². The number of fused-ring (bicyclic) bond motifs is 1. The Morgan fingerprint density at radius 2 is 1.68 bits per heavy atom. The lowest BCUT2D eigenvalue weighted by Gasteiger charge is -2.19. The molecule has 0 atom stereocenters. The van der Waals surface area contributed by atoms with Crippen LogP contribution < -0.4 is 20.1 Å². The molecule has 8 heteroatoms. The second-order valence-corrected chi connectivity index (χ2v) is 5.90. The first-order valence-electron chi connectivity index (χ1n) is 8.82. The third kappa shape index (κ3) is 4.79. The number of anilines is 2. The number of benzene rings is 2. The molecule has 0 unspecified atom stereocenters. The molecule has 2 aromatic carbocycles. The van der Waals surface area contributed by atoms with Crippen LogP contribution in [-0.4, -0.2) is 37.6 Å². The first-order chi connectivity index (χ1) is 13.6. The molecule has 0 fully saturated rings. The van der Waals surface area contributed by atoms with Crippen molar-refractivity contribution >= 4 is 29.2 Å². The standard InChI is InChI=1S/C20H20N2O6/c1-2-26-20(25)14-5-3-4-6-15(14)22-19(24)12-18(23)21-13-7-8-16-17(11-13)28-10-9-27-16/h3-8,11H,2,9-10,12H2,1H3,(H,21,23)(H,22,24). The van der Waals surface area contributed by atoms with Gasteiger partial charge in [0.1, 0.15) is 19.6 Å². The van der Waals surface area contributed by atoms with Gasteiger partial charge in [-0.3, -0.25) is 9.59 Å². The van der Waals surface area contributed by atoms with Crippen molar-refractivity contribution in [3.05, 3.63) is 48.0 Å². The van der Waals surface area contributed by atoms with E-state index in [0.29, 0.717) is 30.4 Å². The van der Waals surface area contributed by atoms with Gasteiger partial charge in [0.15, 0.2) is 11.5 Å². The molecule has 2 N–H and O–H groups in total. The van der Waals surface area contributed by atoms with E-state index < -0.39 is 24.2 Å². The van der Waals surface area contributed by atoms with E-state index in [1.54, 1.807) is 49.4 Å². The Bertz CT molecular complexity index is 896. The van der Waals surface area contributed by atoms with Gasteiger partial charge in [0.25, 0.3) is 0 Å². The summed E-state index contributed by atoms with van der Waals surface area (Å²) < 4.78 is 15.8. The lowest BCUT2D eigenvalue weighted by molar-refractivity contribution is -0.123. The lowest BCUT2D eigenvalue weighted by Crippen LogP contribution is -2.22. The fraction of sp³-hybridized carbons (Fsp3) is 0.250. The number of carbonyl (C=O) groups is 3. The molecule has 1 heterocycles. The Morgan fingerprint density at radius 1 is 0.964 bits per heavy atom. The van der Waals surface area contributed by atoms with E-state index in [2.05, 4.69) is 10.6 Å². The number of hydrogen-bond acceptors (Lipinski definition) is 6. The minimum atomic E-state index is -0.549. The molecule has 0 bridgehead atoms. The summed E-state index contributed by atoms with van der Waals surface area (Å²) in [5, 5.41) is 5.21. The molecular weight excluding hydrogens is 364 g/mol. The molecule has 0 saturated heterocycles. The maximum atomic E-state index is 12.2. The van der Waals surface area contributed by atoms with E-state index >= 15 is 0 Å². The molecule has 0 aliphatic carbocycles. The van der Waals surface area contributed by atoms with E-state index in [4.69, 9.17) is 14.2 Å². The van der Waals surface area contributed by atoms with Crippen molar-refractivity contribution in [1.82, 2.24) is 0 Å². The van der Waals surface area contributed by atoms with Crippen LogP contribution in [0.1, 0.15) is 23.7 Å². The quantitative estimate of drug-likeness (QED) is 0.586. The van der Waals surface area contributed by atoms with Gasteiger partial charge in [-0.2, -0.15) is 0 Å². The van der Waals surface area contributed by atoms with E-state index in [1.165, 1.54) is 0 Å². The van der Waals surface area contributed by atoms with Crippen molar-refractivity contribution in [1.29, 1.82) is 0 Å². The predicted molar refractivity (Wildman–Crippen MR) is 102 cm³/mol. The number of ether oxygens (including phenoxy) is 3. The average Bonchev–Trinajstić information content (AvgIpc) is 2.68. The van der Waals surface area contributed by atoms with Gasteiger partial charge in [-0.25, -0.2) is 4.79 Å². The number of para-hydroxylation sites is 1. The number of nitrogens with one attached hydrogen (secondary N) is 2. The summed E-state index contributed by atoms with van der Waals surface area (Å²) in [4.78, 5) is 36.3. The minimum Gasteiger partial charge on any atom is -0.486 e. The Balaban J connectivity index is 1.59. The topological polar surface area (TPSA) is 103 Å². The van der Waals surface area contributed by atoms with Gasteiger partial charge < -0.3 is 24.8 Å². The smallest absolute Gasteiger partial charge is 0.340 e. The summed E-state index contributed by atoms with van der Waals surface area (Å²) in [7, 11) is 0. The third-order valence-electron chi connectivity index (χ3n) is 3.84. The van der Waals surface area contributed by atoms with E-state index in [0.717, 1.165) is 0 Å². The van der Waals surface area contributed by atoms with Crippen LogP contribution in [0.15, 0.2) is 42.5 Å². The number of amides is 2. The number of esters is 1. The highest BCUT2D eigenvalue weighted by Crippen LogP contribution is 2.32. The molecule has 2 amide bonds. The second kappa shape index (κ2) is 8.90. The van der Waals surface area contributed by atoms with Gasteiger partial charge in [-0.05, 0) is 31.2 Å². The van der Waals surface area contributed by atoms with E-state index in [-0.39, 0.29) is 17.9 Å². The molecule has 3 rings (SSSR count). The highest BCUT2D eigenvalue weighted by atomic mass is 16.6. The molecule has 146 valence electrons. The number of rotatable bonds is 6. The second-order valence-electron chi connectivity index (χ2n) is 5.90. The van der Waals surface area contributed by atoms with Crippen LogP contribution in [0.2, 0.25) is 0 Å². The third-order valence-corrected chi connectivity index (χ3v) is 3.84. The molecule has 0 saturated carbocycles. The van der Waals surface area contributed by atoms with Crippen LogP contribution in [-0.2, 0) is 14.3 Å². The molecular formula is C20H20N2O6.